The number of hydrogen-bond acceptors (Lipinski definition) is 3. The van der Waals surface area contributed by atoms with Crippen LogP contribution in [0.25, 0.3) is 0 Å². The Kier molecular flexibility index (Phi) is 5.01. The van der Waals surface area contributed by atoms with E-state index in [1.165, 1.54) is 45.4 Å². The summed E-state index contributed by atoms with van der Waals surface area (Å²) in [5.74, 6) is 0.907. The number of nitrogens with zero attached hydrogens (tertiary/aromatic N) is 1. The lowest BCUT2D eigenvalue weighted by Crippen LogP contribution is -2.42. The molecule has 18 heavy (non-hydrogen) atoms. The fourth-order valence-corrected chi connectivity index (χ4v) is 4.43. The fraction of sp³-hybridized carbons (Fsp3) is 1.00. The van der Waals surface area contributed by atoms with E-state index in [-0.39, 0.29) is 0 Å². The molecular weight excluding hydrogens is 240 g/mol. The van der Waals surface area contributed by atoms with Crippen LogP contribution in [-0.2, 0) is 0 Å². The zero-order valence-corrected chi connectivity index (χ0v) is 13.4. The van der Waals surface area contributed by atoms with E-state index in [1.807, 2.05) is 11.8 Å². The summed E-state index contributed by atoms with van der Waals surface area (Å²) in [5.41, 5.74) is 0.489. The first-order chi connectivity index (χ1) is 8.52. The van der Waals surface area contributed by atoms with Gasteiger partial charge in [-0.3, -0.25) is 4.90 Å². The van der Waals surface area contributed by atoms with Gasteiger partial charge in [0.05, 0.1) is 0 Å². The summed E-state index contributed by atoms with van der Waals surface area (Å²) in [6.07, 6.45) is 6.46. The minimum absolute atomic E-state index is 0.489. The Morgan fingerprint density at radius 2 is 1.89 bits per heavy atom. The molecule has 0 saturated carbocycles. The predicted octanol–water partition coefficient (Wildman–Crippen LogP) is 2.84. The Labute approximate surface area is 117 Å². The van der Waals surface area contributed by atoms with E-state index in [4.69, 9.17) is 0 Å². The van der Waals surface area contributed by atoms with Crippen LogP contribution < -0.4 is 5.32 Å². The van der Waals surface area contributed by atoms with E-state index in [9.17, 15) is 0 Å². The third kappa shape index (κ3) is 3.43. The van der Waals surface area contributed by atoms with E-state index < -0.39 is 0 Å². The van der Waals surface area contributed by atoms with Crippen LogP contribution in [0.5, 0.6) is 0 Å². The standard InChI is InChI=1S/C15H30N2S/c1-15(2,3)12-6-5-8-17(9-7-12)13-10-16-11-14(13)18-4/h12-14,16H,5-11H2,1-4H3. The number of hydrogen-bond donors (Lipinski definition) is 1. The summed E-state index contributed by atoms with van der Waals surface area (Å²) in [7, 11) is 0. The Balaban J connectivity index is 1.92. The van der Waals surface area contributed by atoms with Crippen LogP contribution in [0.2, 0.25) is 0 Å². The van der Waals surface area contributed by atoms with Crippen molar-refractivity contribution in [1.29, 1.82) is 0 Å². The van der Waals surface area contributed by atoms with Gasteiger partial charge in [-0.1, -0.05) is 20.8 Å². The molecule has 0 bridgehead atoms. The van der Waals surface area contributed by atoms with Gasteiger partial charge in [0.15, 0.2) is 0 Å². The molecule has 2 heterocycles. The molecule has 2 fully saturated rings. The molecule has 2 saturated heterocycles. The molecule has 2 aliphatic heterocycles. The van der Waals surface area contributed by atoms with Gasteiger partial charge in [0.1, 0.15) is 0 Å². The summed E-state index contributed by atoms with van der Waals surface area (Å²) in [6.45, 7) is 12.3. The lowest BCUT2D eigenvalue weighted by molar-refractivity contribution is 0.190. The highest BCUT2D eigenvalue weighted by Gasteiger charge is 2.34. The average molecular weight is 270 g/mol. The van der Waals surface area contributed by atoms with Gasteiger partial charge in [-0.05, 0) is 49.9 Å². The summed E-state index contributed by atoms with van der Waals surface area (Å²) >= 11 is 2.04. The van der Waals surface area contributed by atoms with Crippen molar-refractivity contribution in [3.8, 4) is 0 Å². The van der Waals surface area contributed by atoms with Crippen molar-refractivity contribution in [2.45, 2.75) is 51.3 Å². The molecule has 2 nitrogen and oxygen atoms in total. The minimum Gasteiger partial charge on any atom is -0.314 e. The van der Waals surface area contributed by atoms with Crippen LogP contribution in [0, 0.1) is 11.3 Å². The van der Waals surface area contributed by atoms with Gasteiger partial charge in [0.2, 0.25) is 0 Å². The Morgan fingerprint density at radius 3 is 2.56 bits per heavy atom. The van der Waals surface area contributed by atoms with Crippen molar-refractivity contribution < 1.29 is 0 Å². The second-order valence-electron chi connectivity index (χ2n) is 7.03. The number of thioether (sulfide) groups is 1. The van der Waals surface area contributed by atoms with E-state index in [2.05, 4.69) is 37.2 Å². The van der Waals surface area contributed by atoms with E-state index in [1.54, 1.807) is 0 Å². The smallest absolute Gasteiger partial charge is 0.0351 e. The normalized spacial score (nSPS) is 35.7. The molecule has 1 N–H and O–H groups in total. The maximum absolute atomic E-state index is 3.57. The minimum atomic E-state index is 0.489. The van der Waals surface area contributed by atoms with Crippen LogP contribution in [-0.4, -0.2) is 48.6 Å². The SMILES string of the molecule is CSC1CNCC1N1CCCC(C(C)(C)C)CC1. The van der Waals surface area contributed by atoms with Crippen molar-refractivity contribution in [3.63, 3.8) is 0 Å². The maximum Gasteiger partial charge on any atom is 0.0351 e. The van der Waals surface area contributed by atoms with Crippen LogP contribution >= 0.6 is 11.8 Å². The summed E-state index contributed by atoms with van der Waals surface area (Å²) in [4.78, 5) is 2.77. The maximum atomic E-state index is 3.57. The molecule has 0 aliphatic carbocycles. The molecule has 0 amide bonds. The van der Waals surface area contributed by atoms with Crippen molar-refractivity contribution in [2.24, 2.45) is 11.3 Å². The molecule has 0 aromatic carbocycles. The van der Waals surface area contributed by atoms with E-state index in [0.717, 1.165) is 17.2 Å². The van der Waals surface area contributed by atoms with Gasteiger partial charge >= 0.3 is 0 Å². The molecule has 0 aromatic heterocycles. The zero-order chi connectivity index (χ0) is 13.2. The van der Waals surface area contributed by atoms with Gasteiger partial charge in [-0.15, -0.1) is 0 Å². The van der Waals surface area contributed by atoms with E-state index in [0.29, 0.717) is 5.41 Å². The number of likely N-dealkylation sites (tertiary alicyclic amines) is 1. The van der Waals surface area contributed by atoms with Crippen molar-refractivity contribution in [2.75, 3.05) is 32.4 Å². The number of rotatable bonds is 2. The summed E-state index contributed by atoms with van der Waals surface area (Å²) in [6, 6.07) is 0.777. The summed E-state index contributed by atoms with van der Waals surface area (Å²) in [5, 5.41) is 4.37. The predicted molar refractivity (Wildman–Crippen MR) is 82.3 cm³/mol. The topological polar surface area (TPSA) is 15.3 Å². The molecule has 0 spiro atoms. The second kappa shape index (κ2) is 6.15. The lowest BCUT2D eigenvalue weighted by atomic mass is 9.77. The van der Waals surface area contributed by atoms with Gasteiger partial charge in [0.25, 0.3) is 0 Å². The van der Waals surface area contributed by atoms with Gasteiger partial charge in [-0.2, -0.15) is 11.8 Å². The fourth-order valence-electron chi connectivity index (χ4n) is 3.56. The van der Waals surface area contributed by atoms with Crippen molar-refractivity contribution in [3.05, 3.63) is 0 Å². The quantitative estimate of drug-likeness (QED) is 0.830. The highest BCUT2D eigenvalue weighted by molar-refractivity contribution is 7.99. The number of nitrogens with one attached hydrogen (secondary N) is 1. The third-order valence-corrected chi connectivity index (χ3v) is 5.97. The molecule has 106 valence electrons. The van der Waals surface area contributed by atoms with Gasteiger partial charge in [0, 0.05) is 24.4 Å². The second-order valence-corrected chi connectivity index (χ2v) is 8.11. The largest absolute Gasteiger partial charge is 0.314 e. The van der Waals surface area contributed by atoms with Crippen molar-refractivity contribution >= 4 is 11.8 Å². The van der Waals surface area contributed by atoms with Crippen LogP contribution in [0.4, 0.5) is 0 Å². The highest BCUT2D eigenvalue weighted by atomic mass is 32.2. The first kappa shape index (κ1) is 14.7. The average Bonchev–Trinajstić information content (AvgIpc) is 2.63. The Hall–Kier alpha value is 0.270. The summed E-state index contributed by atoms with van der Waals surface area (Å²) < 4.78 is 0. The highest BCUT2D eigenvalue weighted by Crippen LogP contribution is 2.35. The molecular formula is C15H30N2S. The van der Waals surface area contributed by atoms with Crippen molar-refractivity contribution in [1.82, 2.24) is 10.2 Å². The molecule has 3 atom stereocenters. The van der Waals surface area contributed by atoms with E-state index >= 15 is 0 Å². The van der Waals surface area contributed by atoms with Crippen LogP contribution in [0.3, 0.4) is 0 Å². The van der Waals surface area contributed by atoms with Crippen LogP contribution in [0.15, 0.2) is 0 Å². The van der Waals surface area contributed by atoms with Gasteiger partial charge in [-0.25, -0.2) is 0 Å². The zero-order valence-electron chi connectivity index (χ0n) is 12.5. The van der Waals surface area contributed by atoms with Crippen LogP contribution in [0.1, 0.15) is 40.0 Å². The third-order valence-electron chi connectivity index (χ3n) is 4.89. The first-order valence-corrected chi connectivity index (χ1v) is 8.78. The molecule has 0 aromatic rings. The molecule has 0 radical (unpaired) electrons. The monoisotopic (exact) mass is 270 g/mol. The Bertz CT molecular complexity index is 262. The molecule has 2 rings (SSSR count). The molecule has 2 aliphatic rings. The lowest BCUT2D eigenvalue weighted by Gasteiger charge is -2.32. The Morgan fingerprint density at radius 1 is 1.11 bits per heavy atom. The molecule has 3 heteroatoms. The molecule has 3 unspecified atom stereocenters. The first-order valence-electron chi connectivity index (χ1n) is 7.50. The van der Waals surface area contributed by atoms with Gasteiger partial charge < -0.3 is 5.32 Å².